The Morgan fingerprint density at radius 3 is 2.11 bits per heavy atom. The van der Waals surface area contributed by atoms with Crippen molar-refractivity contribution in [3.05, 3.63) is 64.2 Å². The SMILES string of the molecule is Cc1cc(C(C)(C)C)c(OC(=O)[C@H]2[C@@H]3Cc4ccccc4[C@@H]32)c(C(C)(C)C)c1. The first-order valence-electron chi connectivity index (χ1n) is 10.4. The van der Waals surface area contributed by atoms with Crippen LogP contribution in [0.2, 0.25) is 0 Å². The number of esters is 1. The van der Waals surface area contributed by atoms with Gasteiger partial charge < -0.3 is 4.74 Å². The zero-order valence-electron chi connectivity index (χ0n) is 18.2. The van der Waals surface area contributed by atoms with Crippen LogP contribution >= 0.6 is 0 Å². The van der Waals surface area contributed by atoms with Gasteiger partial charge in [0.05, 0.1) is 5.92 Å². The predicted molar refractivity (Wildman–Crippen MR) is 114 cm³/mol. The van der Waals surface area contributed by atoms with E-state index in [1.807, 2.05) is 0 Å². The molecule has 0 unspecified atom stereocenters. The average molecular weight is 377 g/mol. The maximum Gasteiger partial charge on any atom is 0.315 e. The van der Waals surface area contributed by atoms with Gasteiger partial charge in [-0.3, -0.25) is 4.79 Å². The summed E-state index contributed by atoms with van der Waals surface area (Å²) < 4.78 is 6.22. The van der Waals surface area contributed by atoms with Gasteiger partial charge >= 0.3 is 5.97 Å². The van der Waals surface area contributed by atoms with E-state index < -0.39 is 0 Å². The fourth-order valence-electron chi connectivity index (χ4n) is 4.84. The maximum absolute atomic E-state index is 13.2. The number of rotatable bonds is 2. The first-order valence-corrected chi connectivity index (χ1v) is 10.4. The molecule has 28 heavy (non-hydrogen) atoms. The second kappa shape index (κ2) is 6.20. The minimum absolute atomic E-state index is 0.0110. The van der Waals surface area contributed by atoms with E-state index in [4.69, 9.17) is 4.74 Å². The van der Waals surface area contributed by atoms with Gasteiger partial charge in [0.2, 0.25) is 0 Å². The molecule has 0 bridgehead atoms. The third-order valence-electron chi connectivity index (χ3n) is 6.36. The predicted octanol–water partition coefficient (Wildman–Crippen LogP) is 6.08. The lowest BCUT2D eigenvalue weighted by Crippen LogP contribution is -2.23. The molecule has 2 aliphatic rings. The number of hydrogen-bond donors (Lipinski definition) is 0. The molecular formula is C26H32O2. The molecule has 148 valence electrons. The zero-order chi connectivity index (χ0) is 20.4. The highest BCUT2D eigenvalue weighted by molar-refractivity contribution is 5.82. The summed E-state index contributed by atoms with van der Waals surface area (Å²) >= 11 is 0. The Labute approximate surface area is 169 Å². The molecule has 2 aromatic carbocycles. The fraction of sp³-hybridized carbons (Fsp3) is 0.500. The number of benzene rings is 2. The van der Waals surface area contributed by atoms with Crippen molar-refractivity contribution in [3.8, 4) is 5.75 Å². The number of ether oxygens (including phenoxy) is 1. The highest BCUT2D eigenvalue weighted by Crippen LogP contribution is 2.61. The first-order chi connectivity index (χ1) is 13.0. The summed E-state index contributed by atoms with van der Waals surface area (Å²) in [5, 5.41) is 0. The lowest BCUT2D eigenvalue weighted by molar-refractivity contribution is -0.136. The number of carbonyl (C=O) groups is 1. The highest BCUT2D eigenvalue weighted by atomic mass is 16.5. The quantitative estimate of drug-likeness (QED) is 0.469. The van der Waals surface area contributed by atoms with Gasteiger partial charge in [-0.15, -0.1) is 0 Å². The van der Waals surface area contributed by atoms with Gasteiger partial charge in [0, 0.05) is 17.0 Å². The van der Waals surface area contributed by atoms with Crippen LogP contribution in [-0.2, 0) is 22.0 Å². The number of carbonyl (C=O) groups excluding carboxylic acids is 1. The Morgan fingerprint density at radius 1 is 0.964 bits per heavy atom. The molecule has 0 N–H and O–H groups in total. The summed E-state index contributed by atoms with van der Waals surface area (Å²) in [6.07, 6.45) is 1.01. The van der Waals surface area contributed by atoms with Crippen LogP contribution in [0.25, 0.3) is 0 Å². The van der Waals surface area contributed by atoms with E-state index in [0.717, 1.165) is 23.3 Å². The van der Waals surface area contributed by atoms with E-state index >= 15 is 0 Å². The van der Waals surface area contributed by atoms with Crippen LogP contribution in [0.15, 0.2) is 36.4 Å². The van der Waals surface area contributed by atoms with Gasteiger partial charge in [0.15, 0.2) is 0 Å². The summed E-state index contributed by atoms with van der Waals surface area (Å²) in [5.74, 6) is 1.52. The molecular weight excluding hydrogens is 344 g/mol. The minimum Gasteiger partial charge on any atom is -0.426 e. The van der Waals surface area contributed by atoms with Crippen molar-refractivity contribution in [3.63, 3.8) is 0 Å². The second-order valence-corrected chi connectivity index (χ2v) is 10.7. The minimum atomic E-state index is -0.0896. The van der Waals surface area contributed by atoms with Crippen molar-refractivity contribution < 1.29 is 9.53 Å². The molecule has 2 nitrogen and oxygen atoms in total. The van der Waals surface area contributed by atoms with E-state index in [1.165, 1.54) is 16.7 Å². The summed E-state index contributed by atoms with van der Waals surface area (Å²) in [6.45, 7) is 15.3. The maximum atomic E-state index is 13.2. The molecule has 0 amide bonds. The van der Waals surface area contributed by atoms with Gasteiger partial charge in [0.25, 0.3) is 0 Å². The molecule has 4 rings (SSSR count). The van der Waals surface area contributed by atoms with Gasteiger partial charge in [0.1, 0.15) is 5.75 Å². The van der Waals surface area contributed by atoms with Crippen molar-refractivity contribution in [2.24, 2.45) is 11.8 Å². The van der Waals surface area contributed by atoms with Crippen molar-refractivity contribution in [2.75, 3.05) is 0 Å². The van der Waals surface area contributed by atoms with Crippen LogP contribution in [0.4, 0.5) is 0 Å². The van der Waals surface area contributed by atoms with Crippen LogP contribution in [-0.4, -0.2) is 5.97 Å². The molecule has 0 radical (unpaired) electrons. The van der Waals surface area contributed by atoms with E-state index in [9.17, 15) is 4.79 Å². The Hall–Kier alpha value is -2.09. The Kier molecular flexibility index (Phi) is 4.26. The molecule has 1 saturated carbocycles. The number of fused-ring (bicyclic) bond motifs is 3. The van der Waals surface area contributed by atoms with Gasteiger partial charge in [-0.25, -0.2) is 0 Å². The molecule has 2 aliphatic carbocycles. The molecule has 2 aromatic rings. The van der Waals surface area contributed by atoms with Crippen LogP contribution in [0.3, 0.4) is 0 Å². The van der Waals surface area contributed by atoms with Crippen molar-refractivity contribution in [1.29, 1.82) is 0 Å². The normalized spacial score (nSPS) is 23.2. The highest BCUT2D eigenvalue weighted by Gasteiger charge is 2.60. The molecule has 2 heteroatoms. The summed E-state index contributed by atoms with van der Waals surface area (Å²) in [6, 6.07) is 12.9. The third kappa shape index (κ3) is 3.17. The molecule has 0 saturated heterocycles. The third-order valence-corrected chi connectivity index (χ3v) is 6.36. The lowest BCUT2D eigenvalue weighted by atomic mass is 9.78. The molecule has 0 aliphatic heterocycles. The van der Waals surface area contributed by atoms with Gasteiger partial charge in [-0.2, -0.15) is 0 Å². The van der Waals surface area contributed by atoms with E-state index in [1.54, 1.807) is 0 Å². The Balaban J connectivity index is 1.68. The molecule has 3 atom stereocenters. The number of hydrogen-bond acceptors (Lipinski definition) is 2. The topological polar surface area (TPSA) is 26.3 Å². The van der Waals surface area contributed by atoms with Crippen molar-refractivity contribution >= 4 is 5.97 Å². The Morgan fingerprint density at radius 2 is 1.54 bits per heavy atom. The lowest BCUT2D eigenvalue weighted by Gasteiger charge is -2.30. The monoisotopic (exact) mass is 376 g/mol. The van der Waals surface area contributed by atoms with E-state index in [-0.39, 0.29) is 22.7 Å². The summed E-state index contributed by atoms with van der Waals surface area (Å²) in [4.78, 5) is 13.2. The van der Waals surface area contributed by atoms with Crippen LogP contribution in [0.5, 0.6) is 5.75 Å². The molecule has 1 fully saturated rings. The summed E-state index contributed by atoms with van der Waals surface area (Å²) in [5.41, 5.74) is 6.04. The van der Waals surface area contributed by atoms with Gasteiger partial charge in [-0.05, 0) is 41.2 Å². The van der Waals surface area contributed by atoms with Crippen LogP contribution < -0.4 is 4.74 Å². The first kappa shape index (κ1) is 19.2. The molecule has 0 spiro atoms. The fourth-order valence-corrected chi connectivity index (χ4v) is 4.84. The largest absolute Gasteiger partial charge is 0.426 e. The zero-order valence-corrected chi connectivity index (χ0v) is 18.2. The standard InChI is InChI=1S/C26H32O2/c1-15-12-19(25(2,3)4)23(20(13-15)26(5,6)7)28-24(27)22-18-14-16-10-8-9-11-17(16)21(18)22/h8-13,18,21-22H,14H2,1-7H3/t18-,21+,22+/m1/s1. The van der Waals surface area contributed by atoms with Crippen molar-refractivity contribution in [1.82, 2.24) is 0 Å². The second-order valence-electron chi connectivity index (χ2n) is 10.7. The van der Waals surface area contributed by atoms with Gasteiger partial charge in [-0.1, -0.05) is 83.5 Å². The van der Waals surface area contributed by atoms with Crippen LogP contribution in [0.1, 0.15) is 75.3 Å². The molecule has 0 aromatic heterocycles. The van der Waals surface area contributed by atoms with E-state index in [0.29, 0.717) is 11.8 Å². The summed E-state index contributed by atoms with van der Waals surface area (Å²) in [7, 11) is 0. The van der Waals surface area contributed by atoms with E-state index in [2.05, 4.69) is 84.9 Å². The Bertz CT molecular complexity index is 905. The van der Waals surface area contributed by atoms with Crippen LogP contribution in [0, 0.1) is 18.8 Å². The van der Waals surface area contributed by atoms with Crippen molar-refractivity contribution in [2.45, 2.75) is 71.6 Å². The number of aryl methyl sites for hydroxylation is 1. The average Bonchev–Trinajstić information content (AvgIpc) is 3.16. The molecule has 0 heterocycles. The smallest absolute Gasteiger partial charge is 0.315 e.